The summed E-state index contributed by atoms with van der Waals surface area (Å²) in [6.07, 6.45) is 1.13. The molecule has 0 radical (unpaired) electrons. The number of Topliss-reactive ketones (excluding diaryl/α,β-unsaturated/α-hetero) is 1. The molecule has 1 fully saturated rings. The zero-order chi connectivity index (χ0) is 16.9. The van der Waals surface area contributed by atoms with E-state index in [1.165, 1.54) is 4.31 Å². The lowest BCUT2D eigenvalue weighted by atomic mass is 9.98. The average Bonchev–Trinajstić information content (AvgIpc) is 2.44. The van der Waals surface area contributed by atoms with Gasteiger partial charge in [0, 0.05) is 30.8 Å². The third-order valence-electron chi connectivity index (χ3n) is 3.47. The fourth-order valence-corrected chi connectivity index (χ4v) is 3.18. The minimum Gasteiger partial charge on any atom is -0.285 e. The molecule has 0 aromatic carbocycles. The molecular weight excluding hydrogens is 304 g/mol. The Kier molecular flexibility index (Phi) is 6.57. The van der Waals surface area contributed by atoms with Crippen molar-refractivity contribution in [1.29, 1.82) is 0 Å². The van der Waals surface area contributed by atoms with Crippen LogP contribution in [0.1, 0.15) is 40.5 Å². The first-order valence-electron chi connectivity index (χ1n) is 7.50. The van der Waals surface area contributed by atoms with Gasteiger partial charge in [0.05, 0.1) is 0 Å². The molecule has 0 saturated carbocycles. The van der Waals surface area contributed by atoms with Crippen molar-refractivity contribution in [3.05, 3.63) is 0 Å². The lowest BCUT2D eigenvalue weighted by molar-refractivity contribution is -0.122. The molecule has 1 heterocycles. The normalized spacial score (nSPS) is 17.2. The van der Waals surface area contributed by atoms with Crippen molar-refractivity contribution in [2.24, 2.45) is 17.8 Å². The SMILES string of the molecule is CC(C)C(=O)C#CC1CCN(S(=O)(=O)NC(=O)C(C)C)CC1. The minimum atomic E-state index is -3.78. The third kappa shape index (κ3) is 5.43. The highest BCUT2D eigenvalue weighted by molar-refractivity contribution is 7.87. The molecule has 7 heteroatoms. The van der Waals surface area contributed by atoms with E-state index in [0.717, 1.165) is 0 Å². The summed E-state index contributed by atoms with van der Waals surface area (Å²) in [6, 6.07) is 0. The van der Waals surface area contributed by atoms with E-state index in [9.17, 15) is 18.0 Å². The van der Waals surface area contributed by atoms with Crippen LogP contribution in [0.3, 0.4) is 0 Å². The second-order valence-electron chi connectivity index (χ2n) is 6.09. The summed E-state index contributed by atoms with van der Waals surface area (Å²) in [6.45, 7) is 7.47. The van der Waals surface area contributed by atoms with Crippen LogP contribution in [0.5, 0.6) is 0 Å². The molecule has 1 rings (SSSR count). The number of hydrogen-bond acceptors (Lipinski definition) is 4. The van der Waals surface area contributed by atoms with Crippen molar-refractivity contribution < 1.29 is 18.0 Å². The maximum atomic E-state index is 12.1. The Morgan fingerprint density at radius 1 is 1.09 bits per heavy atom. The molecule has 6 nitrogen and oxygen atoms in total. The Morgan fingerprint density at radius 3 is 2.09 bits per heavy atom. The van der Waals surface area contributed by atoms with Crippen molar-refractivity contribution in [1.82, 2.24) is 9.03 Å². The zero-order valence-electron chi connectivity index (χ0n) is 13.5. The van der Waals surface area contributed by atoms with Gasteiger partial charge in [-0.05, 0) is 18.8 Å². The molecule has 1 aliphatic rings. The van der Waals surface area contributed by atoms with Gasteiger partial charge in [-0.15, -0.1) is 0 Å². The van der Waals surface area contributed by atoms with E-state index in [1.807, 2.05) is 0 Å². The van der Waals surface area contributed by atoms with Crippen molar-refractivity contribution in [3.63, 3.8) is 0 Å². The number of piperidine rings is 1. The van der Waals surface area contributed by atoms with Crippen LogP contribution < -0.4 is 4.72 Å². The number of amides is 1. The highest BCUT2D eigenvalue weighted by Gasteiger charge is 2.29. The smallest absolute Gasteiger partial charge is 0.285 e. The van der Waals surface area contributed by atoms with Crippen molar-refractivity contribution in [2.75, 3.05) is 13.1 Å². The standard InChI is InChI=1S/C15H24N2O4S/c1-11(2)14(18)6-5-13-7-9-17(10-8-13)22(20,21)16-15(19)12(3)4/h11-13H,7-10H2,1-4H3,(H,16,19). The van der Waals surface area contributed by atoms with Crippen LogP contribution in [0.4, 0.5) is 0 Å². The fraction of sp³-hybridized carbons (Fsp3) is 0.733. The second-order valence-corrected chi connectivity index (χ2v) is 7.76. The molecule has 22 heavy (non-hydrogen) atoms. The van der Waals surface area contributed by atoms with E-state index < -0.39 is 16.1 Å². The first-order valence-corrected chi connectivity index (χ1v) is 8.94. The van der Waals surface area contributed by atoms with Gasteiger partial charge in [-0.25, -0.2) is 4.72 Å². The van der Waals surface area contributed by atoms with Gasteiger partial charge in [-0.2, -0.15) is 12.7 Å². The molecule has 0 aromatic heterocycles. The van der Waals surface area contributed by atoms with E-state index in [4.69, 9.17) is 0 Å². The summed E-state index contributed by atoms with van der Waals surface area (Å²) < 4.78 is 27.5. The Balaban J connectivity index is 2.58. The quantitative estimate of drug-likeness (QED) is 0.615. The molecule has 1 amide bonds. The molecule has 0 aromatic rings. The molecule has 0 aliphatic carbocycles. The van der Waals surface area contributed by atoms with Crippen LogP contribution >= 0.6 is 0 Å². The highest BCUT2D eigenvalue weighted by Crippen LogP contribution is 2.18. The van der Waals surface area contributed by atoms with E-state index in [2.05, 4.69) is 16.6 Å². The van der Waals surface area contributed by atoms with Gasteiger partial charge in [0.2, 0.25) is 11.7 Å². The minimum absolute atomic E-state index is 0.0231. The third-order valence-corrected chi connectivity index (χ3v) is 4.98. The molecular formula is C15H24N2O4S. The number of ketones is 1. The van der Waals surface area contributed by atoms with Gasteiger partial charge in [0.15, 0.2) is 0 Å². The zero-order valence-corrected chi connectivity index (χ0v) is 14.4. The predicted molar refractivity (Wildman–Crippen MR) is 83.8 cm³/mol. The molecule has 1 aliphatic heterocycles. The first-order chi connectivity index (χ1) is 10.1. The van der Waals surface area contributed by atoms with Crippen molar-refractivity contribution in [2.45, 2.75) is 40.5 Å². The van der Waals surface area contributed by atoms with E-state index in [-0.39, 0.29) is 23.5 Å². The molecule has 0 unspecified atom stereocenters. The number of nitrogens with zero attached hydrogens (tertiary/aromatic N) is 1. The summed E-state index contributed by atoms with van der Waals surface area (Å²) >= 11 is 0. The lowest BCUT2D eigenvalue weighted by Gasteiger charge is -2.29. The topological polar surface area (TPSA) is 83.6 Å². The number of hydrogen-bond donors (Lipinski definition) is 1. The summed E-state index contributed by atoms with van der Waals surface area (Å²) in [5, 5.41) is 0. The molecule has 0 spiro atoms. The Morgan fingerprint density at radius 2 is 1.64 bits per heavy atom. The van der Waals surface area contributed by atoms with Gasteiger partial charge < -0.3 is 0 Å². The summed E-state index contributed by atoms with van der Waals surface area (Å²) in [5.41, 5.74) is 0. The first kappa shape index (κ1) is 18.7. The average molecular weight is 328 g/mol. The second kappa shape index (κ2) is 7.75. The van der Waals surface area contributed by atoms with Gasteiger partial charge in [-0.3, -0.25) is 9.59 Å². The van der Waals surface area contributed by atoms with Crippen LogP contribution in [-0.4, -0.2) is 37.5 Å². The molecule has 0 bridgehead atoms. The molecule has 1 N–H and O–H groups in total. The van der Waals surface area contributed by atoms with E-state index >= 15 is 0 Å². The number of rotatable bonds is 4. The van der Waals surface area contributed by atoms with Crippen LogP contribution in [0.25, 0.3) is 0 Å². The monoisotopic (exact) mass is 328 g/mol. The van der Waals surface area contributed by atoms with Crippen LogP contribution in [0.15, 0.2) is 0 Å². The Bertz CT molecular complexity index is 576. The van der Waals surface area contributed by atoms with Crippen molar-refractivity contribution >= 4 is 21.9 Å². The molecule has 1 saturated heterocycles. The van der Waals surface area contributed by atoms with Crippen LogP contribution in [0, 0.1) is 29.6 Å². The largest absolute Gasteiger partial charge is 0.303 e. The van der Waals surface area contributed by atoms with Gasteiger partial charge in [0.25, 0.3) is 0 Å². The van der Waals surface area contributed by atoms with Gasteiger partial charge in [-0.1, -0.05) is 33.6 Å². The number of nitrogens with one attached hydrogen (secondary N) is 1. The predicted octanol–water partition coefficient (Wildman–Crippen LogP) is 0.944. The molecule has 0 atom stereocenters. The maximum Gasteiger partial charge on any atom is 0.303 e. The van der Waals surface area contributed by atoms with Crippen molar-refractivity contribution in [3.8, 4) is 11.8 Å². The van der Waals surface area contributed by atoms with E-state index in [0.29, 0.717) is 25.9 Å². The summed E-state index contributed by atoms with van der Waals surface area (Å²) in [7, 11) is -3.78. The van der Waals surface area contributed by atoms with Crippen LogP contribution in [-0.2, 0) is 19.8 Å². The highest BCUT2D eigenvalue weighted by atomic mass is 32.2. The van der Waals surface area contributed by atoms with Gasteiger partial charge >= 0.3 is 10.2 Å². The summed E-state index contributed by atoms with van der Waals surface area (Å²) in [4.78, 5) is 23.0. The fourth-order valence-electron chi connectivity index (χ4n) is 1.87. The van der Waals surface area contributed by atoms with Crippen LogP contribution in [0.2, 0.25) is 0 Å². The van der Waals surface area contributed by atoms with Gasteiger partial charge in [0.1, 0.15) is 0 Å². The Hall–Kier alpha value is -1.39. The Labute approximate surface area is 132 Å². The maximum absolute atomic E-state index is 12.1. The molecule has 124 valence electrons. The lowest BCUT2D eigenvalue weighted by Crippen LogP contribution is -2.47. The number of carbonyl (C=O) groups is 2. The number of carbonyl (C=O) groups excluding carboxylic acids is 2. The summed E-state index contributed by atoms with van der Waals surface area (Å²) in [5.74, 6) is 4.47. The van der Waals surface area contributed by atoms with E-state index in [1.54, 1.807) is 27.7 Å².